The summed E-state index contributed by atoms with van der Waals surface area (Å²) in [5.74, 6) is -3.94. The molecule has 0 aromatic heterocycles. The van der Waals surface area contributed by atoms with E-state index in [1.54, 1.807) is 5.92 Å². The molecule has 0 aromatic rings. The number of rotatable bonds is 2. The Morgan fingerprint density at radius 3 is 1.67 bits per heavy atom. The summed E-state index contributed by atoms with van der Waals surface area (Å²) in [7, 11) is 0. The van der Waals surface area contributed by atoms with E-state index in [0.717, 1.165) is 0 Å². The van der Waals surface area contributed by atoms with Crippen molar-refractivity contribution in [3.8, 4) is 11.8 Å². The molecule has 0 bridgehead atoms. The molecular weight excluding hydrogens is 168 g/mol. The van der Waals surface area contributed by atoms with Crippen LogP contribution in [0.25, 0.3) is 0 Å². The van der Waals surface area contributed by atoms with Gasteiger partial charge in [-0.2, -0.15) is 0 Å². The van der Waals surface area contributed by atoms with Gasteiger partial charge >= 0.3 is 17.9 Å². The Hall–Kier alpha value is -2.03. The zero-order chi connectivity index (χ0) is 9.72. The quantitative estimate of drug-likeness (QED) is 0.358. The third-order valence-corrected chi connectivity index (χ3v) is 0.817. The molecule has 0 amide bonds. The maximum atomic E-state index is 10.1. The Kier molecular flexibility index (Phi) is 3.30. The van der Waals surface area contributed by atoms with Gasteiger partial charge in [-0.3, -0.25) is 9.59 Å². The molecule has 0 atom stereocenters. The van der Waals surface area contributed by atoms with Crippen LogP contribution in [0.2, 0.25) is 0 Å². The van der Waals surface area contributed by atoms with Gasteiger partial charge in [-0.1, -0.05) is 5.92 Å². The molecule has 0 aromatic carbocycles. The van der Waals surface area contributed by atoms with Crippen LogP contribution in [0.15, 0.2) is 0 Å². The van der Waals surface area contributed by atoms with Gasteiger partial charge in [-0.25, -0.2) is 4.79 Å². The van der Waals surface area contributed by atoms with Gasteiger partial charge in [0, 0.05) is 5.92 Å². The highest BCUT2D eigenvalue weighted by molar-refractivity contribution is 5.98. The average molecular weight is 172 g/mol. The van der Waals surface area contributed by atoms with Gasteiger partial charge in [0.2, 0.25) is 5.92 Å². The van der Waals surface area contributed by atoms with E-state index in [9.17, 15) is 14.4 Å². The minimum atomic E-state index is -1.99. The summed E-state index contributed by atoms with van der Waals surface area (Å²) in [6.45, 7) is 0. The van der Waals surface area contributed by atoms with Crippen LogP contribution in [0.3, 0.4) is 0 Å². The molecule has 0 heterocycles. The predicted octanol–water partition coefficient (Wildman–Crippen LogP) is -1.14. The van der Waals surface area contributed by atoms with E-state index < -0.39 is 23.8 Å². The second kappa shape index (κ2) is 3.98. The van der Waals surface area contributed by atoms with Gasteiger partial charge in [0.15, 0.2) is 0 Å². The number of carbonyl (C=O) groups is 3. The zero-order valence-electron chi connectivity index (χ0n) is 5.64. The summed E-state index contributed by atoms with van der Waals surface area (Å²) in [5.41, 5.74) is 0. The molecule has 3 N–H and O–H groups in total. The van der Waals surface area contributed by atoms with E-state index in [-0.39, 0.29) is 0 Å². The van der Waals surface area contributed by atoms with E-state index in [0.29, 0.717) is 0 Å². The van der Waals surface area contributed by atoms with Crippen LogP contribution >= 0.6 is 0 Å². The smallest absolute Gasteiger partial charge is 0.381 e. The van der Waals surface area contributed by atoms with Crippen molar-refractivity contribution in [2.45, 2.75) is 0 Å². The lowest BCUT2D eigenvalue weighted by molar-refractivity contribution is -0.151. The van der Waals surface area contributed by atoms with Crippen molar-refractivity contribution in [1.82, 2.24) is 0 Å². The fraction of sp³-hybridized carbons (Fsp3) is 0.167. The third-order valence-electron chi connectivity index (χ3n) is 0.817. The van der Waals surface area contributed by atoms with Crippen LogP contribution in [0.4, 0.5) is 0 Å². The minimum Gasteiger partial charge on any atom is -0.480 e. The summed E-state index contributed by atoms with van der Waals surface area (Å²) >= 11 is 0. The molecule has 0 rings (SSSR count). The molecule has 0 fully saturated rings. The molecular formula is C6H4O6. The second-order valence-electron chi connectivity index (χ2n) is 1.68. The fourth-order valence-electron chi connectivity index (χ4n) is 0.363. The third kappa shape index (κ3) is 3.22. The number of carboxylic acid groups (broad SMARTS) is 3. The first kappa shape index (κ1) is 9.97. The first-order chi connectivity index (χ1) is 5.45. The summed E-state index contributed by atoms with van der Waals surface area (Å²) in [6.07, 6.45) is 0. The number of carboxylic acids is 3. The lowest BCUT2D eigenvalue weighted by Gasteiger charge is -1.94. The summed E-state index contributed by atoms with van der Waals surface area (Å²) in [5, 5.41) is 24.3. The fourth-order valence-corrected chi connectivity index (χ4v) is 0.363. The monoisotopic (exact) mass is 172 g/mol. The van der Waals surface area contributed by atoms with Gasteiger partial charge in [0.1, 0.15) is 0 Å². The van der Waals surface area contributed by atoms with Gasteiger partial charge in [0.25, 0.3) is 0 Å². The number of hydrogen-bond donors (Lipinski definition) is 3. The van der Waals surface area contributed by atoms with Crippen molar-refractivity contribution in [2.24, 2.45) is 5.92 Å². The Morgan fingerprint density at radius 1 is 1.00 bits per heavy atom. The first-order valence-corrected chi connectivity index (χ1v) is 2.65. The largest absolute Gasteiger partial charge is 0.480 e. The highest BCUT2D eigenvalue weighted by Gasteiger charge is 2.22. The zero-order valence-corrected chi connectivity index (χ0v) is 5.64. The van der Waals surface area contributed by atoms with E-state index in [1.165, 1.54) is 5.92 Å². The number of aliphatic carboxylic acids is 3. The van der Waals surface area contributed by atoms with Gasteiger partial charge in [0.05, 0.1) is 0 Å². The van der Waals surface area contributed by atoms with Gasteiger partial charge in [-0.05, 0) is 0 Å². The lowest BCUT2D eigenvalue weighted by atomic mass is 10.1. The molecule has 0 aliphatic carbocycles. The van der Waals surface area contributed by atoms with E-state index >= 15 is 0 Å². The molecule has 6 heteroatoms. The predicted molar refractivity (Wildman–Crippen MR) is 34.2 cm³/mol. The molecule has 0 aliphatic rings. The summed E-state index contributed by atoms with van der Waals surface area (Å²) in [6, 6.07) is 0. The summed E-state index contributed by atoms with van der Waals surface area (Å²) < 4.78 is 0. The molecule has 6 nitrogen and oxygen atoms in total. The van der Waals surface area contributed by atoms with E-state index in [2.05, 4.69) is 0 Å². The number of hydrogen-bond acceptors (Lipinski definition) is 3. The molecule has 12 heavy (non-hydrogen) atoms. The topological polar surface area (TPSA) is 112 Å². The van der Waals surface area contributed by atoms with Crippen LogP contribution < -0.4 is 0 Å². The first-order valence-electron chi connectivity index (χ1n) is 2.65. The van der Waals surface area contributed by atoms with Crippen molar-refractivity contribution >= 4 is 17.9 Å². The highest BCUT2D eigenvalue weighted by atomic mass is 16.4. The maximum Gasteiger partial charge on any atom is 0.381 e. The Morgan fingerprint density at radius 2 is 1.42 bits per heavy atom. The summed E-state index contributed by atoms with van der Waals surface area (Å²) in [4.78, 5) is 29.9. The molecule has 0 aliphatic heterocycles. The Bertz CT molecular complexity index is 266. The molecule has 0 unspecified atom stereocenters. The van der Waals surface area contributed by atoms with Crippen molar-refractivity contribution in [1.29, 1.82) is 0 Å². The van der Waals surface area contributed by atoms with Gasteiger partial charge in [-0.15, -0.1) is 0 Å². The van der Waals surface area contributed by atoms with Crippen molar-refractivity contribution < 1.29 is 29.7 Å². The standard InChI is InChI=1S/C6H4O6/c7-4(8)2-1-3(5(9)10)6(11)12/h3H,(H,7,8)(H,9,10)(H,11,12). The average Bonchev–Trinajstić information content (AvgIpc) is 1.84. The van der Waals surface area contributed by atoms with Crippen LogP contribution in [-0.4, -0.2) is 33.2 Å². The Balaban J connectivity index is 4.59. The van der Waals surface area contributed by atoms with Crippen molar-refractivity contribution in [3.05, 3.63) is 0 Å². The van der Waals surface area contributed by atoms with E-state index in [4.69, 9.17) is 15.3 Å². The van der Waals surface area contributed by atoms with Crippen LogP contribution in [0.1, 0.15) is 0 Å². The SMILES string of the molecule is O=C(O)C#CC(C(=O)O)C(=O)O. The molecule has 0 saturated carbocycles. The van der Waals surface area contributed by atoms with Crippen molar-refractivity contribution in [3.63, 3.8) is 0 Å². The minimum absolute atomic E-state index is 1.41. The van der Waals surface area contributed by atoms with Crippen molar-refractivity contribution in [2.75, 3.05) is 0 Å². The van der Waals surface area contributed by atoms with Crippen LogP contribution in [0, 0.1) is 17.8 Å². The van der Waals surface area contributed by atoms with Gasteiger partial charge < -0.3 is 15.3 Å². The second-order valence-corrected chi connectivity index (χ2v) is 1.68. The highest BCUT2D eigenvalue weighted by Crippen LogP contribution is 1.93. The lowest BCUT2D eigenvalue weighted by Crippen LogP contribution is -2.21. The molecule has 0 spiro atoms. The van der Waals surface area contributed by atoms with Crippen LogP contribution in [-0.2, 0) is 14.4 Å². The van der Waals surface area contributed by atoms with E-state index in [1.807, 2.05) is 0 Å². The maximum absolute atomic E-state index is 10.1. The molecule has 64 valence electrons. The normalized spacial score (nSPS) is 8.42. The molecule has 0 saturated heterocycles. The van der Waals surface area contributed by atoms with Crippen LogP contribution in [0.5, 0.6) is 0 Å². The molecule has 0 radical (unpaired) electrons. The Labute approximate surface area is 66.4 Å².